The Balaban J connectivity index is 0.741. The van der Waals surface area contributed by atoms with E-state index in [1.807, 2.05) is 61.3 Å². The van der Waals surface area contributed by atoms with Gasteiger partial charge < -0.3 is 30.3 Å². The molecule has 17 heteroatoms. The number of hydrogen-bond donors (Lipinski definition) is 3. The molecule has 0 bridgehead atoms. The topological polar surface area (TPSA) is 164 Å². The van der Waals surface area contributed by atoms with E-state index >= 15 is 8.78 Å². The number of imide groups is 1. The van der Waals surface area contributed by atoms with Gasteiger partial charge >= 0.3 is 6.03 Å². The maximum Gasteiger partial charge on any atom is 0.329 e. The molecule has 10 rings (SSSR count). The number of amides is 5. The Labute approximate surface area is 416 Å². The lowest BCUT2D eigenvalue weighted by Crippen LogP contribution is -2.50. The predicted molar refractivity (Wildman–Crippen MR) is 266 cm³/mol. The van der Waals surface area contributed by atoms with E-state index in [0.29, 0.717) is 29.9 Å². The summed E-state index contributed by atoms with van der Waals surface area (Å²) < 4.78 is 45.7. The Morgan fingerprint density at radius 2 is 1.66 bits per heavy atom. The number of fused-ring (bicyclic) bond motifs is 2. The lowest BCUT2D eigenvalue weighted by atomic mass is 9.77. The van der Waals surface area contributed by atoms with Crippen molar-refractivity contribution in [3.05, 3.63) is 118 Å². The van der Waals surface area contributed by atoms with Gasteiger partial charge in [-0.25, -0.2) is 13.6 Å². The smallest absolute Gasteiger partial charge is 0.329 e. The van der Waals surface area contributed by atoms with Crippen LogP contribution >= 0.6 is 11.6 Å². The predicted octanol–water partition coefficient (Wildman–Crippen LogP) is 8.65. The summed E-state index contributed by atoms with van der Waals surface area (Å²) in [5.74, 6) is -2.25. The Morgan fingerprint density at radius 3 is 2.35 bits per heavy atom. The summed E-state index contributed by atoms with van der Waals surface area (Å²) in [5.41, 5.74) is 7.54. The lowest BCUT2D eigenvalue weighted by Gasteiger charge is -2.43. The van der Waals surface area contributed by atoms with Crippen molar-refractivity contribution in [2.24, 2.45) is 18.7 Å². The standard InChI is InChI=1S/C54H59ClF2N8O6/c1-31-45-43(30-40(56)48(55)47(45)46-39(50(58)67)15-16-42(70-3)49(46)57)71-54(31,35-7-5-4-6-8-35)22-23-59-36-12-9-33(10-13-36)52(68)64-26-19-37(20-27-64)63-24-17-32(18-25-63)34-11-14-38-41(29-34)62(2)61-51(38)65-28-21-44(66)60-53(65)69/h4-8,11,14-16,22-23,29-33,36-37,59H,9-10,12-13,17-21,24-28H2,1-3H3,(H2,58,67)(H,60,66,69)/b23-22-/t31-,33?,36?,54-/m0/s1. The van der Waals surface area contributed by atoms with Crippen LogP contribution in [-0.2, 0) is 22.2 Å². The van der Waals surface area contributed by atoms with E-state index in [0.717, 1.165) is 94.0 Å². The molecule has 5 aromatic rings. The van der Waals surface area contributed by atoms with Crippen LogP contribution in [0.15, 0.2) is 79.0 Å². The number of primary amides is 1. The van der Waals surface area contributed by atoms with E-state index in [-0.39, 0.29) is 63.4 Å². The number of hydrogen-bond acceptors (Lipinski definition) is 9. The van der Waals surface area contributed by atoms with E-state index < -0.39 is 35.1 Å². The van der Waals surface area contributed by atoms with Crippen molar-refractivity contribution in [3.8, 4) is 22.6 Å². The first-order valence-electron chi connectivity index (χ1n) is 24.7. The highest BCUT2D eigenvalue weighted by Crippen LogP contribution is 2.57. The number of urea groups is 1. The average Bonchev–Trinajstić information content (AvgIpc) is 3.86. The summed E-state index contributed by atoms with van der Waals surface area (Å²) in [6, 6.07) is 19.9. The Kier molecular flexibility index (Phi) is 13.3. The van der Waals surface area contributed by atoms with Gasteiger partial charge in [0.05, 0.1) is 23.2 Å². The number of aromatic nitrogens is 2. The first-order chi connectivity index (χ1) is 34.3. The molecule has 4 N–H and O–H groups in total. The third-order valence-corrected chi connectivity index (χ3v) is 16.2. The number of rotatable bonds is 11. The number of carbonyl (C=O) groups is 4. The molecular weight excluding hydrogens is 930 g/mol. The summed E-state index contributed by atoms with van der Waals surface area (Å²) in [6.45, 7) is 5.75. The molecule has 1 aromatic heterocycles. The number of carbonyl (C=O) groups excluding carboxylic acids is 4. The molecule has 3 saturated heterocycles. The molecule has 5 amide bonds. The van der Waals surface area contributed by atoms with Crippen LogP contribution in [0.3, 0.4) is 0 Å². The molecule has 14 nitrogen and oxygen atoms in total. The average molecular weight is 990 g/mol. The van der Waals surface area contributed by atoms with Crippen LogP contribution in [0.2, 0.25) is 5.02 Å². The van der Waals surface area contributed by atoms with Gasteiger partial charge in [-0.1, -0.05) is 54.9 Å². The van der Waals surface area contributed by atoms with Crippen molar-refractivity contribution in [3.63, 3.8) is 0 Å². The normalized spacial score (nSPS) is 23.5. The first kappa shape index (κ1) is 48.1. The SMILES string of the molecule is COc1ccc(C(N)=O)c(-c2c(Cl)c(F)cc3c2[C@H](C)[C@@](/C=C\NC2CCC(C(=O)N4CCC(N5CCC(c6ccc7c(N8CCC(=O)NC8=O)nn(C)c7c6)CC5)CC4)CC2)(c2ccccc2)O3)c1F. The summed E-state index contributed by atoms with van der Waals surface area (Å²) >= 11 is 6.68. The summed E-state index contributed by atoms with van der Waals surface area (Å²) in [7, 11) is 3.19. The molecule has 4 aliphatic heterocycles. The second-order valence-electron chi connectivity index (χ2n) is 19.7. The highest BCUT2D eigenvalue weighted by atomic mass is 35.5. The maximum absolute atomic E-state index is 16.2. The molecule has 4 aromatic carbocycles. The Bertz CT molecular complexity index is 2930. The largest absolute Gasteiger partial charge is 0.494 e. The van der Waals surface area contributed by atoms with Gasteiger partial charge in [-0.15, -0.1) is 0 Å². The second kappa shape index (κ2) is 19.6. The molecule has 1 saturated carbocycles. The van der Waals surface area contributed by atoms with Crippen LogP contribution in [-0.4, -0.2) is 95.3 Å². The molecule has 372 valence electrons. The van der Waals surface area contributed by atoms with Crippen LogP contribution in [0.5, 0.6) is 11.5 Å². The van der Waals surface area contributed by atoms with Gasteiger partial charge in [0.15, 0.2) is 23.0 Å². The quantitative estimate of drug-likeness (QED) is 0.118. The zero-order chi connectivity index (χ0) is 49.7. The number of nitrogens with two attached hydrogens (primary N) is 1. The number of nitrogens with zero attached hydrogens (tertiary/aromatic N) is 5. The highest BCUT2D eigenvalue weighted by Gasteiger charge is 2.49. The van der Waals surface area contributed by atoms with E-state index in [1.165, 1.54) is 30.9 Å². The van der Waals surface area contributed by atoms with Gasteiger partial charge in [-0.2, -0.15) is 5.10 Å². The number of ether oxygens (including phenoxy) is 2. The zero-order valence-electron chi connectivity index (χ0n) is 40.2. The summed E-state index contributed by atoms with van der Waals surface area (Å²) in [4.78, 5) is 57.1. The molecule has 0 spiro atoms. The fraction of sp³-hybridized carbons (Fsp3) is 0.426. The van der Waals surface area contributed by atoms with Crippen LogP contribution in [0.4, 0.5) is 19.4 Å². The number of piperidine rings is 2. The van der Waals surface area contributed by atoms with Gasteiger partial charge in [0.1, 0.15) is 11.6 Å². The van der Waals surface area contributed by atoms with Crippen LogP contribution in [0, 0.1) is 17.6 Å². The Morgan fingerprint density at radius 1 is 0.930 bits per heavy atom. The molecule has 2 atom stereocenters. The first-order valence-corrected chi connectivity index (χ1v) is 25.1. The lowest BCUT2D eigenvalue weighted by molar-refractivity contribution is -0.138. The van der Waals surface area contributed by atoms with Crippen molar-refractivity contribution < 1.29 is 37.4 Å². The molecule has 4 fully saturated rings. The fourth-order valence-corrected chi connectivity index (χ4v) is 12.2. The zero-order valence-corrected chi connectivity index (χ0v) is 40.9. The van der Waals surface area contributed by atoms with E-state index in [2.05, 4.69) is 43.7 Å². The number of nitrogens with one attached hydrogen (secondary N) is 2. The molecule has 0 radical (unpaired) electrons. The van der Waals surface area contributed by atoms with Crippen LogP contribution in [0.1, 0.15) is 104 Å². The highest BCUT2D eigenvalue weighted by molar-refractivity contribution is 6.34. The molecular formula is C54H59ClF2N8O6. The Hall–Kier alpha value is -6.52. The minimum absolute atomic E-state index is 0.0212. The summed E-state index contributed by atoms with van der Waals surface area (Å²) in [6.07, 6.45) is 11.2. The number of anilines is 1. The van der Waals surface area contributed by atoms with Crippen LogP contribution in [0.25, 0.3) is 22.0 Å². The third kappa shape index (κ3) is 8.87. The number of likely N-dealkylation sites (tertiary alicyclic amines) is 2. The van der Waals surface area contributed by atoms with Gasteiger partial charge in [-0.3, -0.25) is 29.3 Å². The molecule has 5 aliphatic rings. The van der Waals surface area contributed by atoms with E-state index in [4.69, 9.17) is 26.8 Å². The molecule has 5 heterocycles. The van der Waals surface area contributed by atoms with Gasteiger partial charge in [-0.05, 0) is 118 Å². The fourth-order valence-electron chi connectivity index (χ4n) is 11.9. The second-order valence-corrected chi connectivity index (χ2v) is 20.1. The maximum atomic E-state index is 16.2. The van der Waals surface area contributed by atoms with Crippen molar-refractivity contribution >= 4 is 52.1 Å². The third-order valence-electron chi connectivity index (χ3n) is 15.8. The number of halogens is 3. The summed E-state index contributed by atoms with van der Waals surface area (Å²) in [5, 5.41) is 11.2. The van der Waals surface area contributed by atoms with Gasteiger partial charge in [0.25, 0.3) is 0 Å². The monoisotopic (exact) mass is 988 g/mol. The van der Waals surface area contributed by atoms with E-state index in [1.54, 1.807) is 4.90 Å². The van der Waals surface area contributed by atoms with Crippen molar-refractivity contribution in [1.29, 1.82) is 0 Å². The number of aryl methyl sites for hydroxylation is 1. The van der Waals surface area contributed by atoms with Gasteiger partial charge in [0, 0.05) is 85.2 Å². The van der Waals surface area contributed by atoms with E-state index in [9.17, 15) is 19.2 Å². The molecule has 71 heavy (non-hydrogen) atoms. The minimum Gasteiger partial charge on any atom is -0.494 e. The van der Waals surface area contributed by atoms with Crippen molar-refractivity contribution in [2.75, 3.05) is 44.7 Å². The number of benzene rings is 4. The minimum atomic E-state index is -1.18. The molecule has 0 unspecified atom stereocenters. The van der Waals surface area contributed by atoms with Crippen molar-refractivity contribution in [2.45, 2.75) is 94.2 Å². The van der Waals surface area contributed by atoms with Crippen molar-refractivity contribution in [1.82, 2.24) is 30.2 Å². The van der Waals surface area contributed by atoms with Crippen LogP contribution < -0.4 is 30.7 Å². The number of methoxy groups -OCH3 is 1. The van der Waals surface area contributed by atoms with Gasteiger partial charge in [0.2, 0.25) is 17.7 Å². The molecule has 1 aliphatic carbocycles.